The number of ether oxygens (including phenoxy) is 3. The van der Waals surface area contributed by atoms with Crippen LogP contribution in [0.1, 0.15) is 18.1 Å². The van der Waals surface area contributed by atoms with Crippen molar-refractivity contribution in [3.8, 4) is 11.5 Å². The van der Waals surface area contributed by atoms with Gasteiger partial charge in [0.25, 0.3) is 0 Å². The molecule has 2 aromatic carbocycles. The highest BCUT2D eigenvalue weighted by Gasteiger charge is 2.14. The van der Waals surface area contributed by atoms with Crippen molar-refractivity contribution in [1.82, 2.24) is 4.90 Å². The third-order valence-electron chi connectivity index (χ3n) is 3.92. The molecular formula is C21H24BrNO4. The van der Waals surface area contributed by atoms with Crippen molar-refractivity contribution < 1.29 is 19.0 Å². The van der Waals surface area contributed by atoms with E-state index in [1.165, 1.54) is 0 Å². The lowest BCUT2D eigenvalue weighted by Gasteiger charge is -2.19. The van der Waals surface area contributed by atoms with Crippen LogP contribution in [0, 0.1) is 0 Å². The molecule has 0 aliphatic heterocycles. The average molecular weight is 434 g/mol. The summed E-state index contributed by atoms with van der Waals surface area (Å²) < 4.78 is 16.7. The molecule has 144 valence electrons. The molecule has 6 heteroatoms. The van der Waals surface area contributed by atoms with Gasteiger partial charge in [-0.25, -0.2) is 4.79 Å². The largest absolute Gasteiger partial charge is 0.493 e. The van der Waals surface area contributed by atoms with Gasteiger partial charge in [-0.05, 0) is 42.7 Å². The Labute approximate surface area is 168 Å². The molecule has 0 radical (unpaired) electrons. The summed E-state index contributed by atoms with van der Waals surface area (Å²) in [4.78, 5) is 13.9. The molecule has 0 aromatic heterocycles. The van der Waals surface area contributed by atoms with Gasteiger partial charge in [0, 0.05) is 17.2 Å². The van der Waals surface area contributed by atoms with E-state index in [1.54, 1.807) is 32.2 Å². The zero-order valence-electron chi connectivity index (χ0n) is 15.8. The Morgan fingerprint density at radius 2 is 1.78 bits per heavy atom. The summed E-state index contributed by atoms with van der Waals surface area (Å²) in [6, 6.07) is 13.6. The molecule has 0 atom stereocenters. The lowest BCUT2D eigenvalue weighted by Crippen LogP contribution is -2.28. The molecule has 0 fully saturated rings. The highest BCUT2D eigenvalue weighted by atomic mass is 79.9. The SMILES string of the molecule is CCOC(=O)N(/C=C/c1ccccc1)CCc1cc(OC)c(OC)cc1Br. The number of rotatable bonds is 8. The second kappa shape index (κ2) is 10.6. The van der Waals surface area contributed by atoms with Gasteiger partial charge in [-0.3, -0.25) is 4.90 Å². The smallest absolute Gasteiger partial charge is 0.413 e. The monoisotopic (exact) mass is 433 g/mol. The van der Waals surface area contributed by atoms with Crippen LogP contribution in [-0.4, -0.2) is 38.4 Å². The molecule has 2 rings (SSSR count). The summed E-state index contributed by atoms with van der Waals surface area (Å²) in [5, 5.41) is 0. The standard InChI is InChI=1S/C21H24BrNO4/c1-4-27-21(24)23(12-10-16-8-6-5-7-9-16)13-11-17-14-19(25-2)20(26-3)15-18(17)22/h5-10,12,14-15H,4,11,13H2,1-3H3/b12-10+. The van der Waals surface area contributed by atoms with Crippen LogP contribution in [0.3, 0.4) is 0 Å². The number of nitrogens with zero attached hydrogens (tertiary/aromatic N) is 1. The van der Waals surface area contributed by atoms with Gasteiger partial charge in [0.15, 0.2) is 11.5 Å². The summed E-state index contributed by atoms with van der Waals surface area (Å²) in [7, 11) is 3.20. The van der Waals surface area contributed by atoms with Gasteiger partial charge in [-0.2, -0.15) is 0 Å². The Bertz CT molecular complexity index is 777. The van der Waals surface area contributed by atoms with E-state index in [0.29, 0.717) is 31.1 Å². The minimum absolute atomic E-state index is 0.328. The Morgan fingerprint density at radius 1 is 1.11 bits per heavy atom. The maximum absolute atomic E-state index is 12.3. The molecule has 27 heavy (non-hydrogen) atoms. The van der Waals surface area contributed by atoms with Gasteiger partial charge in [0.2, 0.25) is 0 Å². The fraction of sp³-hybridized carbons (Fsp3) is 0.286. The second-order valence-corrected chi connectivity index (χ2v) is 6.52. The molecule has 0 unspecified atom stereocenters. The lowest BCUT2D eigenvalue weighted by atomic mass is 10.1. The first-order valence-corrected chi connectivity index (χ1v) is 9.45. The van der Waals surface area contributed by atoms with Crippen LogP contribution in [0.5, 0.6) is 11.5 Å². The first-order valence-electron chi connectivity index (χ1n) is 8.66. The topological polar surface area (TPSA) is 48.0 Å². The second-order valence-electron chi connectivity index (χ2n) is 5.67. The van der Waals surface area contributed by atoms with E-state index in [4.69, 9.17) is 14.2 Å². The van der Waals surface area contributed by atoms with Gasteiger partial charge in [0.05, 0.1) is 20.8 Å². The zero-order chi connectivity index (χ0) is 19.6. The van der Waals surface area contributed by atoms with Gasteiger partial charge < -0.3 is 14.2 Å². The third-order valence-corrected chi connectivity index (χ3v) is 4.66. The Balaban J connectivity index is 2.16. The summed E-state index contributed by atoms with van der Waals surface area (Å²) in [6.45, 7) is 2.59. The molecule has 0 saturated carbocycles. The number of methoxy groups -OCH3 is 2. The zero-order valence-corrected chi connectivity index (χ0v) is 17.4. The Hall–Kier alpha value is -2.47. The van der Waals surface area contributed by atoms with Crippen LogP contribution in [0.25, 0.3) is 6.08 Å². The Kier molecular flexibility index (Phi) is 8.20. The van der Waals surface area contributed by atoms with E-state index < -0.39 is 0 Å². The van der Waals surface area contributed by atoms with E-state index >= 15 is 0 Å². The van der Waals surface area contributed by atoms with E-state index in [-0.39, 0.29) is 6.09 Å². The number of halogens is 1. The first-order chi connectivity index (χ1) is 13.1. The molecule has 5 nitrogen and oxygen atoms in total. The fourth-order valence-electron chi connectivity index (χ4n) is 2.50. The highest BCUT2D eigenvalue weighted by Crippen LogP contribution is 2.33. The number of amides is 1. The number of benzene rings is 2. The van der Waals surface area contributed by atoms with E-state index in [0.717, 1.165) is 15.6 Å². The average Bonchev–Trinajstić information content (AvgIpc) is 2.69. The van der Waals surface area contributed by atoms with Crippen LogP contribution in [-0.2, 0) is 11.2 Å². The van der Waals surface area contributed by atoms with Crippen LogP contribution < -0.4 is 9.47 Å². The summed E-state index contributed by atoms with van der Waals surface area (Å²) >= 11 is 3.56. The number of carbonyl (C=O) groups excluding carboxylic acids is 1. The summed E-state index contributed by atoms with van der Waals surface area (Å²) in [5.74, 6) is 1.30. The molecule has 0 saturated heterocycles. The van der Waals surface area contributed by atoms with Crippen LogP contribution in [0.2, 0.25) is 0 Å². The summed E-state index contributed by atoms with van der Waals surface area (Å²) in [6.07, 6.45) is 3.89. The van der Waals surface area contributed by atoms with Crippen LogP contribution >= 0.6 is 15.9 Å². The predicted octanol–water partition coefficient (Wildman–Crippen LogP) is 5.14. The molecule has 0 aliphatic carbocycles. The van der Waals surface area contributed by atoms with Crippen molar-refractivity contribution in [1.29, 1.82) is 0 Å². The van der Waals surface area contributed by atoms with Crippen molar-refractivity contribution in [2.45, 2.75) is 13.3 Å². The van der Waals surface area contributed by atoms with Crippen molar-refractivity contribution in [3.05, 3.63) is 64.3 Å². The third kappa shape index (κ3) is 6.03. The minimum Gasteiger partial charge on any atom is -0.493 e. The van der Waals surface area contributed by atoms with Gasteiger partial charge in [-0.15, -0.1) is 0 Å². The van der Waals surface area contributed by atoms with Crippen LogP contribution in [0.4, 0.5) is 4.79 Å². The van der Waals surface area contributed by atoms with Crippen LogP contribution in [0.15, 0.2) is 53.1 Å². The van der Waals surface area contributed by atoms with Crippen molar-refractivity contribution in [3.63, 3.8) is 0 Å². The Morgan fingerprint density at radius 3 is 2.41 bits per heavy atom. The quantitative estimate of drug-likeness (QED) is 0.578. The first kappa shape index (κ1) is 20.8. The highest BCUT2D eigenvalue weighted by molar-refractivity contribution is 9.10. The maximum Gasteiger partial charge on any atom is 0.413 e. The fourth-order valence-corrected chi connectivity index (χ4v) is 3.02. The molecule has 2 aromatic rings. The van der Waals surface area contributed by atoms with Crippen molar-refractivity contribution in [2.75, 3.05) is 27.4 Å². The molecular weight excluding hydrogens is 410 g/mol. The maximum atomic E-state index is 12.3. The predicted molar refractivity (Wildman–Crippen MR) is 110 cm³/mol. The summed E-state index contributed by atoms with van der Waals surface area (Å²) in [5.41, 5.74) is 2.02. The van der Waals surface area contributed by atoms with E-state index in [1.807, 2.05) is 48.5 Å². The molecule has 0 N–H and O–H groups in total. The number of hydrogen-bond donors (Lipinski definition) is 0. The van der Waals surface area contributed by atoms with E-state index in [2.05, 4.69) is 15.9 Å². The lowest BCUT2D eigenvalue weighted by molar-refractivity contribution is 0.123. The molecule has 1 amide bonds. The van der Waals surface area contributed by atoms with Gasteiger partial charge >= 0.3 is 6.09 Å². The normalized spacial score (nSPS) is 10.7. The molecule has 0 bridgehead atoms. The van der Waals surface area contributed by atoms with Crippen molar-refractivity contribution >= 4 is 28.1 Å². The molecule has 0 aliphatic rings. The van der Waals surface area contributed by atoms with Crippen molar-refractivity contribution in [2.24, 2.45) is 0 Å². The molecule has 0 spiro atoms. The van der Waals surface area contributed by atoms with E-state index in [9.17, 15) is 4.79 Å². The number of hydrogen-bond acceptors (Lipinski definition) is 4. The minimum atomic E-state index is -0.374. The number of carbonyl (C=O) groups is 1. The van der Waals surface area contributed by atoms with Gasteiger partial charge in [-0.1, -0.05) is 46.3 Å². The van der Waals surface area contributed by atoms with Gasteiger partial charge in [0.1, 0.15) is 0 Å². The molecule has 0 heterocycles.